The maximum absolute atomic E-state index is 11.0. The van der Waals surface area contributed by atoms with Crippen molar-refractivity contribution in [2.24, 2.45) is 0 Å². The number of carbonyl (C=O) groups excluding carboxylic acids is 1. The van der Waals surface area contributed by atoms with Gasteiger partial charge in [-0.05, 0) is 22.9 Å². The van der Waals surface area contributed by atoms with Crippen LogP contribution in [0.1, 0.15) is 0 Å². The minimum Gasteiger partial charge on any atom is -0.341 e. The Morgan fingerprint density at radius 2 is 2.24 bits per heavy atom. The number of carbonyl (C=O) groups is 1. The minimum atomic E-state index is -0.0746. The number of para-hydroxylation sites is 1. The van der Waals surface area contributed by atoms with Crippen LogP contribution in [-0.2, 0) is 4.79 Å². The lowest BCUT2D eigenvalue weighted by molar-refractivity contribution is -0.125. The average molecular weight is 347 g/mol. The van der Waals surface area contributed by atoms with Crippen molar-refractivity contribution in [3.63, 3.8) is 0 Å². The first-order valence-electron chi connectivity index (χ1n) is 4.87. The van der Waals surface area contributed by atoms with E-state index in [1.54, 1.807) is 32.9 Å². The number of aromatic nitrogens is 1. The summed E-state index contributed by atoms with van der Waals surface area (Å²) in [5, 5.41) is 2.97. The molecule has 0 saturated carbocycles. The summed E-state index contributed by atoms with van der Waals surface area (Å²) in [5.41, 5.74) is 1.04. The quantitative estimate of drug-likeness (QED) is 0.526. The lowest BCUT2D eigenvalue weighted by atomic mass is 10.3. The summed E-state index contributed by atoms with van der Waals surface area (Å²) in [6.07, 6.45) is 0. The number of amides is 1. The van der Waals surface area contributed by atoms with E-state index in [0.29, 0.717) is 0 Å². The number of benzene rings is 1. The molecular formula is C10H7BrN2OS3. The van der Waals surface area contributed by atoms with Crippen molar-refractivity contribution in [2.45, 2.75) is 14.5 Å². The van der Waals surface area contributed by atoms with Gasteiger partial charge in [0.2, 0.25) is 5.91 Å². The van der Waals surface area contributed by atoms with Gasteiger partial charge in [0, 0.05) is 0 Å². The van der Waals surface area contributed by atoms with Crippen molar-refractivity contribution in [3.8, 4) is 0 Å². The van der Waals surface area contributed by atoms with Gasteiger partial charge in [-0.3, -0.25) is 4.79 Å². The van der Waals surface area contributed by atoms with Gasteiger partial charge in [-0.25, -0.2) is 4.98 Å². The Morgan fingerprint density at radius 3 is 2.94 bits per heavy atom. The number of alkyl halides is 1. The van der Waals surface area contributed by atoms with Crippen LogP contribution in [0.3, 0.4) is 0 Å². The highest BCUT2D eigenvalue weighted by molar-refractivity contribution is 9.10. The number of nitrogens with zero attached hydrogens (tertiary/aromatic N) is 1. The van der Waals surface area contributed by atoms with E-state index in [9.17, 15) is 4.79 Å². The van der Waals surface area contributed by atoms with Crippen molar-refractivity contribution < 1.29 is 4.79 Å². The van der Waals surface area contributed by atoms with Crippen molar-refractivity contribution in [3.05, 3.63) is 24.3 Å². The molecule has 3 rings (SSSR count). The van der Waals surface area contributed by atoms with Crippen molar-refractivity contribution in [1.29, 1.82) is 0 Å². The van der Waals surface area contributed by atoms with E-state index in [-0.39, 0.29) is 16.1 Å². The summed E-state index contributed by atoms with van der Waals surface area (Å²) in [5.74, 6) is 0.0624. The monoisotopic (exact) mass is 346 g/mol. The van der Waals surface area contributed by atoms with Crippen molar-refractivity contribution in [2.75, 3.05) is 0 Å². The van der Waals surface area contributed by atoms with Crippen LogP contribution in [0.2, 0.25) is 0 Å². The first-order chi connectivity index (χ1) is 8.24. The summed E-state index contributed by atoms with van der Waals surface area (Å²) in [4.78, 5) is 15.4. The second-order valence-corrected chi connectivity index (χ2v) is 8.06. The van der Waals surface area contributed by atoms with E-state index >= 15 is 0 Å². The minimum absolute atomic E-state index is 0.0624. The molecule has 0 unspecified atom stereocenters. The molecule has 88 valence electrons. The molecule has 0 radical (unpaired) electrons. The zero-order valence-corrected chi connectivity index (χ0v) is 12.5. The number of hydrogen-bond acceptors (Lipinski definition) is 5. The second kappa shape index (κ2) is 4.79. The molecule has 1 amide bonds. The van der Waals surface area contributed by atoms with Crippen LogP contribution in [0, 0.1) is 0 Å². The summed E-state index contributed by atoms with van der Waals surface area (Å²) in [7, 11) is 3.24. The lowest BCUT2D eigenvalue weighted by Gasteiger charge is -2.31. The molecule has 7 heteroatoms. The molecule has 1 fully saturated rings. The molecule has 1 aliphatic heterocycles. The number of halogens is 1. The Balaban J connectivity index is 1.67. The molecule has 1 N–H and O–H groups in total. The van der Waals surface area contributed by atoms with E-state index in [0.717, 1.165) is 9.86 Å². The predicted octanol–water partition coefficient (Wildman–Crippen LogP) is 3.26. The molecule has 0 aliphatic carbocycles. The molecule has 2 atom stereocenters. The summed E-state index contributed by atoms with van der Waals surface area (Å²) >= 11 is 5.02. The summed E-state index contributed by atoms with van der Waals surface area (Å²) in [6, 6.07) is 8.09. The molecule has 3 nitrogen and oxygen atoms in total. The van der Waals surface area contributed by atoms with Gasteiger partial charge in [-0.1, -0.05) is 38.9 Å². The number of thiazole rings is 1. The molecule has 2 aromatic rings. The number of fused-ring (bicyclic) bond motifs is 1. The number of hydrogen-bond donors (Lipinski definition) is 1. The van der Waals surface area contributed by atoms with Crippen LogP contribution in [0.4, 0.5) is 0 Å². The third kappa shape index (κ3) is 2.33. The van der Waals surface area contributed by atoms with Gasteiger partial charge in [0.15, 0.2) is 4.34 Å². The Bertz CT molecular complexity index is 540. The molecule has 1 aromatic heterocycles. The zero-order chi connectivity index (χ0) is 11.8. The Hall–Kier alpha value is -0.240. The zero-order valence-electron chi connectivity index (χ0n) is 8.42. The fraction of sp³-hybridized carbons (Fsp3) is 0.200. The SMILES string of the molecule is O=C1N[C@H](SSc2nc3ccccc3s2)[C@H]1Br. The normalized spacial score (nSPS) is 23.5. The molecule has 2 heterocycles. The fourth-order valence-electron chi connectivity index (χ4n) is 1.39. The highest BCUT2D eigenvalue weighted by Gasteiger charge is 2.37. The van der Waals surface area contributed by atoms with E-state index in [4.69, 9.17) is 0 Å². The van der Waals surface area contributed by atoms with Gasteiger partial charge >= 0.3 is 0 Å². The van der Waals surface area contributed by atoms with E-state index in [1.165, 1.54) is 4.70 Å². The van der Waals surface area contributed by atoms with Crippen LogP contribution in [0.5, 0.6) is 0 Å². The van der Waals surface area contributed by atoms with Gasteiger partial charge in [0.05, 0.1) is 10.2 Å². The fourth-order valence-corrected chi connectivity index (χ4v) is 6.02. The van der Waals surface area contributed by atoms with Crippen molar-refractivity contribution >= 4 is 65.0 Å². The summed E-state index contributed by atoms with van der Waals surface area (Å²) in [6.45, 7) is 0. The highest BCUT2D eigenvalue weighted by Crippen LogP contribution is 2.41. The van der Waals surface area contributed by atoms with Crippen LogP contribution in [0.15, 0.2) is 28.6 Å². The van der Waals surface area contributed by atoms with Crippen LogP contribution in [0.25, 0.3) is 10.2 Å². The molecular weight excluding hydrogens is 340 g/mol. The van der Waals surface area contributed by atoms with Crippen LogP contribution < -0.4 is 5.32 Å². The Kier molecular flexibility index (Phi) is 3.34. The number of rotatable bonds is 3. The largest absolute Gasteiger partial charge is 0.341 e. The van der Waals surface area contributed by atoms with Gasteiger partial charge in [-0.2, -0.15) is 0 Å². The topological polar surface area (TPSA) is 42.0 Å². The standard InChI is InChI=1S/C10H7BrN2OS3/c11-7-8(14)13-9(7)16-17-10-12-5-3-1-2-4-6(5)15-10/h1-4,7,9H,(H,13,14)/t7-,9+/m0/s1. The number of nitrogens with one attached hydrogen (secondary N) is 1. The second-order valence-electron chi connectivity index (χ2n) is 3.46. The molecule has 1 aliphatic rings. The van der Waals surface area contributed by atoms with Crippen LogP contribution >= 0.6 is 48.9 Å². The molecule has 0 spiro atoms. The molecule has 0 bridgehead atoms. The maximum Gasteiger partial charge on any atom is 0.237 e. The van der Waals surface area contributed by atoms with E-state index in [2.05, 4.69) is 32.3 Å². The molecule has 1 aromatic carbocycles. The van der Waals surface area contributed by atoms with E-state index in [1.807, 2.05) is 18.2 Å². The van der Waals surface area contributed by atoms with Gasteiger partial charge < -0.3 is 5.32 Å². The van der Waals surface area contributed by atoms with Crippen LogP contribution in [-0.4, -0.2) is 21.1 Å². The van der Waals surface area contributed by atoms with Gasteiger partial charge in [-0.15, -0.1) is 11.3 Å². The van der Waals surface area contributed by atoms with Gasteiger partial charge in [0.1, 0.15) is 10.2 Å². The Labute approximate surface area is 118 Å². The smallest absolute Gasteiger partial charge is 0.237 e. The first kappa shape index (κ1) is 11.8. The maximum atomic E-state index is 11.0. The van der Waals surface area contributed by atoms with E-state index < -0.39 is 0 Å². The highest BCUT2D eigenvalue weighted by atomic mass is 79.9. The Morgan fingerprint density at radius 1 is 1.41 bits per heavy atom. The molecule has 17 heavy (non-hydrogen) atoms. The van der Waals surface area contributed by atoms with Crippen molar-refractivity contribution in [1.82, 2.24) is 10.3 Å². The third-order valence-electron chi connectivity index (χ3n) is 2.30. The number of β-lactam (4-membered cyclic amide) rings is 1. The predicted molar refractivity (Wildman–Crippen MR) is 77.7 cm³/mol. The average Bonchev–Trinajstić information content (AvgIpc) is 2.76. The third-order valence-corrected chi connectivity index (χ3v) is 7.55. The first-order valence-corrected chi connectivity index (χ1v) is 8.82. The molecule has 1 saturated heterocycles. The van der Waals surface area contributed by atoms with Gasteiger partial charge in [0.25, 0.3) is 0 Å². The summed E-state index contributed by atoms with van der Waals surface area (Å²) < 4.78 is 2.22. The lowest BCUT2D eigenvalue weighted by Crippen LogP contribution is -2.56.